The largest absolute Gasteiger partial charge is 0.273 e. The van der Waals surface area contributed by atoms with Gasteiger partial charge in [-0.05, 0) is 54.2 Å². The van der Waals surface area contributed by atoms with Crippen LogP contribution < -0.4 is 0 Å². The molecule has 0 unspecified atom stereocenters. The van der Waals surface area contributed by atoms with Crippen LogP contribution in [0.4, 0.5) is 0 Å². The van der Waals surface area contributed by atoms with E-state index in [9.17, 15) is 8.42 Å². The van der Waals surface area contributed by atoms with Crippen molar-refractivity contribution in [3.05, 3.63) is 70.9 Å². The molecule has 5 heteroatoms. The van der Waals surface area contributed by atoms with Crippen LogP contribution in [0.5, 0.6) is 0 Å². The van der Waals surface area contributed by atoms with Crippen molar-refractivity contribution in [3.63, 3.8) is 0 Å². The van der Waals surface area contributed by atoms with Crippen LogP contribution in [0, 0.1) is 12.3 Å². The van der Waals surface area contributed by atoms with Gasteiger partial charge in [0.2, 0.25) is 0 Å². The highest BCUT2D eigenvalue weighted by molar-refractivity contribution is 7.89. The molecule has 1 aliphatic rings. The Hall–Kier alpha value is -1.78. The number of halogens is 1. The summed E-state index contributed by atoms with van der Waals surface area (Å²) in [6, 6.07) is 14.5. The maximum Gasteiger partial charge on any atom is 0.263 e. The zero-order valence-corrected chi connectivity index (χ0v) is 16.2. The molecular formula is C20H22ClNO2S. The van der Waals surface area contributed by atoms with E-state index in [1.54, 1.807) is 18.3 Å². The fourth-order valence-electron chi connectivity index (χ4n) is 3.04. The van der Waals surface area contributed by atoms with Gasteiger partial charge >= 0.3 is 0 Å². The molecule has 0 bridgehead atoms. The Morgan fingerprint density at radius 3 is 2.20 bits per heavy atom. The van der Waals surface area contributed by atoms with Crippen molar-refractivity contribution < 1.29 is 8.42 Å². The first-order valence-electron chi connectivity index (χ1n) is 8.27. The monoisotopic (exact) mass is 375 g/mol. The predicted molar refractivity (Wildman–Crippen MR) is 103 cm³/mol. The Bertz CT molecular complexity index is 898. The van der Waals surface area contributed by atoms with Crippen LogP contribution in [-0.4, -0.2) is 19.3 Å². The van der Waals surface area contributed by atoms with Gasteiger partial charge in [-0.3, -0.25) is 4.31 Å². The van der Waals surface area contributed by atoms with Crippen LogP contribution in [0.3, 0.4) is 0 Å². The molecule has 132 valence electrons. The average Bonchev–Trinajstić information content (AvgIpc) is 2.56. The highest BCUT2D eigenvalue weighted by Gasteiger charge is 2.34. The zero-order chi connectivity index (χ0) is 18.2. The summed E-state index contributed by atoms with van der Waals surface area (Å²) in [6.07, 6.45) is 2.54. The molecule has 0 aromatic heterocycles. The van der Waals surface area contributed by atoms with Crippen molar-refractivity contribution in [1.82, 2.24) is 4.31 Å². The molecule has 0 saturated carbocycles. The van der Waals surface area contributed by atoms with Gasteiger partial charge in [-0.2, -0.15) is 0 Å². The van der Waals surface area contributed by atoms with Gasteiger partial charge in [0.25, 0.3) is 10.0 Å². The maximum absolute atomic E-state index is 13.0. The third kappa shape index (κ3) is 3.60. The third-order valence-electron chi connectivity index (χ3n) is 4.74. The third-order valence-corrected chi connectivity index (χ3v) is 6.77. The highest BCUT2D eigenvalue weighted by Crippen LogP contribution is 2.42. The lowest BCUT2D eigenvalue weighted by Gasteiger charge is -2.37. The first-order valence-corrected chi connectivity index (χ1v) is 10.1. The summed E-state index contributed by atoms with van der Waals surface area (Å²) < 4.78 is 27.5. The average molecular weight is 376 g/mol. The molecule has 0 atom stereocenters. The van der Waals surface area contributed by atoms with Gasteiger partial charge < -0.3 is 0 Å². The molecule has 0 radical (unpaired) electrons. The van der Waals surface area contributed by atoms with Gasteiger partial charge in [0.1, 0.15) is 0 Å². The Kier molecular flexibility index (Phi) is 4.69. The number of allylic oxidation sites excluding steroid dienone is 1. The quantitative estimate of drug-likeness (QED) is 0.747. The maximum atomic E-state index is 13.0. The number of sulfonamides is 1. The van der Waals surface area contributed by atoms with Crippen LogP contribution in [0.1, 0.15) is 31.4 Å². The van der Waals surface area contributed by atoms with Gasteiger partial charge in [-0.1, -0.05) is 55.3 Å². The van der Waals surface area contributed by atoms with Crippen LogP contribution in [0.2, 0.25) is 5.02 Å². The summed E-state index contributed by atoms with van der Waals surface area (Å²) >= 11 is 5.99. The van der Waals surface area contributed by atoms with Gasteiger partial charge in [0.15, 0.2) is 0 Å². The van der Waals surface area contributed by atoms with E-state index < -0.39 is 10.0 Å². The van der Waals surface area contributed by atoms with Crippen LogP contribution >= 0.6 is 11.6 Å². The van der Waals surface area contributed by atoms with Crippen molar-refractivity contribution >= 4 is 27.2 Å². The molecule has 25 heavy (non-hydrogen) atoms. The van der Waals surface area contributed by atoms with Crippen LogP contribution in [-0.2, 0) is 10.0 Å². The molecule has 2 aromatic carbocycles. The SMILES string of the molecule is Cc1ccc(S(=O)(=O)N2C=C(c3ccc(Cl)cc3)C(C)(C)CC2)cc1. The molecule has 0 saturated heterocycles. The van der Waals surface area contributed by atoms with E-state index in [0.717, 1.165) is 23.1 Å². The second-order valence-electron chi connectivity index (χ2n) is 7.11. The molecule has 1 aliphatic heterocycles. The van der Waals surface area contributed by atoms with E-state index in [0.29, 0.717) is 16.5 Å². The van der Waals surface area contributed by atoms with E-state index in [1.807, 2.05) is 43.3 Å². The molecule has 0 fully saturated rings. The van der Waals surface area contributed by atoms with Gasteiger partial charge in [0, 0.05) is 17.8 Å². The summed E-state index contributed by atoms with van der Waals surface area (Å²) in [5.41, 5.74) is 2.94. The van der Waals surface area contributed by atoms with Crippen molar-refractivity contribution in [1.29, 1.82) is 0 Å². The second-order valence-corrected chi connectivity index (χ2v) is 9.44. The van der Waals surface area contributed by atoms with E-state index >= 15 is 0 Å². The van der Waals surface area contributed by atoms with Crippen molar-refractivity contribution in [2.24, 2.45) is 5.41 Å². The number of benzene rings is 2. The molecule has 0 spiro atoms. The van der Waals surface area contributed by atoms with Crippen molar-refractivity contribution in [2.75, 3.05) is 6.54 Å². The summed E-state index contributed by atoms with van der Waals surface area (Å²) in [4.78, 5) is 0.324. The summed E-state index contributed by atoms with van der Waals surface area (Å²) in [5.74, 6) is 0. The molecule has 0 aliphatic carbocycles. The zero-order valence-electron chi connectivity index (χ0n) is 14.7. The molecule has 2 aromatic rings. The van der Waals surface area contributed by atoms with Gasteiger partial charge in [0.05, 0.1) is 4.90 Å². The minimum Gasteiger partial charge on any atom is -0.273 e. The molecule has 3 rings (SSSR count). The van der Waals surface area contributed by atoms with E-state index in [-0.39, 0.29) is 5.41 Å². The fourth-order valence-corrected chi connectivity index (χ4v) is 4.49. The Labute approximate surface area is 155 Å². The number of hydrogen-bond acceptors (Lipinski definition) is 2. The number of aryl methyl sites for hydroxylation is 1. The number of nitrogens with zero attached hydrogens (tertiary/aromatic N) is 1. The minimum absolute atomic E-state index is 0.104. The lowest BCUT2D eigenvalue weighted by Crippen LogP contribution is -2.35. The van der Waals surface area contributed by atoms with Gasteiger partial charge in [-0.15, -0.1) is 0 Å². The van der Waals surface area contributed by atoms with E-state index in [1.165, 1.54) is 4.31 Å². The highest BCUT2D eigenvalue weighted by atomic mass is 35.5. The molecule has 3 nitrogen and oxygen atoms in total. The lowest BCUT2D eigenvalue weighted by molar-refractivity contribution is 0.367. The molecule has 0 amide bonds. The standard InChI is InChI=1S/C20H22ClNO2S/c1-15-4-10-18(11-5-15)25(23,24)22-13-12-20(2,3)19(14-22)16-6-8-17(21)9-7-16/h4-11,14H,12-13H2,1-3H3. The normalized spacial score (nSPS) is 17.3. The first kappa shape index (κ1) is 18.0. The van der Waals surface area contributed by atoms with Gasteiger partial charge in [-0.25, -0.2) is 8.42 Å². The first-order chi connectivity index (χ1) is 11.7. The van der Waals surface area contributed by atoms with E-state index in [4.69, 9.17) is 11.6 Å². The van der Waals surface area contributed by atoms with Crippen LogP contribution in [0.25, 0.3) is 5.57 Å². The fraction of sp³-hybridized carbons (Fsp3) is 0.300. The Morgan fingerprint density at radius 2 is 1.60 bits per heavy atom. The molecule has 0 N–H and O–H groups in total. The Morgan fingerprint density at radius 1 is 1.00 bits per heavy atom. The minimum atomic E-state index is -3.55. The number of rotatable bonds is 3. The predicted octanol–water partition coefficient (Wildman–Crippen LogP) is 5.11. The molecule has 1 heterocycles. The summed E-state index contributed by atoms with van der Waals surface area (Å²) in [7, 11) is -3.55. The lowest BCUT2D eigenvalue weighted by atomic mass is 9.76. The summed E-state index contributed by atoms with van der Waals surface area (Å²) in [5, 5.41) is 0.669. The topological polar surface area (TPSA) is 37.4 Å². The van der Waals surface area contributed by atoms with Crippen molar-refractivity contribution in [2.45, 2.75) is 32.1 Å². The smallest absolute Gasteiger partial charge is 0.263 e. The van der Waals surface area contributed by atoms with E-state index in [2.05, 4.69) is 13.8 Å². The second kappa shape index (κ2) is 6.50. The van der Waals surface area contributed by atoms with Crippen molar-refractivity contribution in [3.8, 4) is 0 Å². The summed E-state index contributed by atoms with van der Waals surface area (Å²) in [6.45, 7) is 6.70. The Balaban J connectivity index is 2.04. The number of hydrogen-bond donors (Lipinski definition) is 0. The molecular weight excluding hydrogens is 354 g/mol. The van der Waals surface area contributed by atoms with Crippen LogP contribution in [0.15, 0.2) is 59.6 Å².